The summed E-state index contributed by atoms with van der Waals surface area (Å²) in [7, 11) is 1.43. The number of allylic oxidation sites excluding steroid dienone is 1. The Labute approximate surface area is 148 Å². The Bertz CT molecular complexity index is 734. The Morgan fingerprint density at radius 2 is 1.68 bits per heavy atom. The zero-order valence-electron chi connectivity index (χ0n) is 11.4. The predicted octanol–water partition coefficient (Wildman–Crippen LogP) is 6.20. The molecule has 0 spiro atoms. The minimum Gasteiger partial charge on any atom is -0.494 e. The number of hydrogen-bond donors (Lipinski definition) is 0. The first-order chi connectivity index (χ1) is 10.4. The van der Waals surface area contributed by atoms with Crippen molar-refractivity contribution in [1.82, 2.24) is 0 Å². The van der Waals surface area contributed by atoms with E-state index in [0.29, 0.717) is 20.6 Å². The van der Waals surface area contributed by atoms with Crippen LogP contribution in [0.2, 0.25) is 20.1 Å². The SMILES string of the molecule is COc1c(Cl)cc(Cl)cc1C(=O)/C=C\c1c(Cl)cccc1Cl. The number of ether oxygens (including phenoxy) is 1. The molecule has 0 bridgehead atoms. The van der Waals surface area contributed by atoms with Gasteiger partial charge in [0, 0.05) is 20.6 Å². The summed E-state index contributed by atoms with van der Waals surface area (Å²) in [6, 6.07) is 8.10. The van der Waals surface area contributed by atoms with Crippen molar-refractivity contribution >= 4 is 58.3 Å². The zero-order valence-corrected chi connectivity index (χ0v) is 14.4. The standard InChI is InChI=1S/C16H10Cl4O2/c1-22-16-11(7-9(17)8-14(16)20)15(21)6-5-10-12(18)3-2-4-13(10)19/h2-8H,1H3/b6-5-. The maximum absolute atomic E-state index is 12.4. The lowest BCUT2D eigenvalue weighted by Crippen LogP contribution is -2.00. The van der Waals surface area contributed by atoms with E-state index < -0.39 is 0 Å². The van der Waals surface area contributed by atoms with Crippen LogP contribution in [0.25, 0.3) is 6.08 Å². The van der Waals surface area contributed by atoms with Gasteiger partial charge in [-0.25, -0.2) is 0 Å². The fraction of sp³-hybridized carbons (Fsp3) is 0.0625. The highest BCUT2D eigenvalue weighted by Gasteiger charge is 2.15. The molecule has 0 aliphatic rings. The molecule has 114 valence electrons. The van der Waals surface area contributed by atoms with Gasteiger partial charge in [0.05, 0.1) is 17.7 Å². The highest BCUT2D eigenvalue weighted by molar-refractivity contribution is 6.38. The summed E-state index contributed by atoms with van der Waals surface area (Å²) < 4.78 is 5.15. The van der Waals surface area contributed by atoms with Crippen molar-refractivity contribution in [3.63, 3.8) is 0 Å². The molecule has 0 aliphatic carbocycles. The van der Waals surface area contributed by atoms with Gasteiger partial charge in [-0.1, -0.05) is 52.5 Å². The number of carbonyl (C=O) groups excluding carboxylic acids is 1. The highest BCUT2D eigenvalue weighted by atomic mass is 35.5. The monoisotopic (exact) mass is 374 g/mol. The molecule has 0 heterocycles. The number of ketones is 1. The molecule has 0 saturated heterocycles. The van der Waals surface area contributed by atoms with Gasteiger partial charge in [0.2, 0.25) is 0 Å². The summed E-state index contributed by atoms with van der Waals surface area (Å²) in [6.07, 6.45) is 2.89. The first-order valence-electron chi connectivity index (χ1n) is 6.13. The van der Waals surface area contributed by atoms with Gasteiger partial charge >= 0.3 is 0 Å². The summed E-state index contributed by atoms with van der Waals surface area (Å²) in [5.74, 6) is -0.0526. The van der Waals surface area contributed by atoms with E-state index in [1.165, 1.54) is 25.3 Å². The Morgan fingerprint density at radius 3 is 2.27 bits per heavy atom. The quantitative estimate of drug-likeness (QED) is 0.469. The van der Waals surface area contributed by atoms with Gasteiger partial charge in [0.1, 0.15) is 5.75 Å². The summed E-state index contributed by atoms with van der Waals surface area (Å²) in [5, 5.41) is 1.51. The number of methoxy groups -OCH3 is 1. The molecular formula is C16H10Cl4O2. The maximum atomic E-state index is 12.4. The van der Waals surface area contributed by atoms with E-state index in [1.807, 2.05) is 0 Å². The summed E-state index contributed by atoms with van der Waals surface area (Å²) in [6.45, 7) is 0. The van der Waals surface area contributed by atoms with Crippen molar-refractivity contribution in [3.05, 3.63) is 67.6 Å². The lowest BCUT2D eigenvalue weighted by Gasteiger charge is -2.08. The molecule has 0 aliphatic heterocycles. The molecule has 0 atom stereocenters. The van der Waals surface area contributed by atoms with Crippen molar-refractivity contribution in [1.29, 1.82) is 0 Å². The molecule has 6 heteroatoms. The van der Waals surface area contributed by atoms with Gasteiger partial charge in [-0.3, -0.25) is 4.79 Å². The third-order valence-corrected chi connectivity index (χ3v) is 4.04. The van der Waals surface area contributed by atoms with Gasteiger partial charge in [0.25, 0.3) is 0 Å². The van der Waals surface area contributed by atoms with E-state index in [2.05, 4.69) is 0 Å². The number of hydrogen-bond acceptors (Lipinski definition) is 2. The molecular weight excluding hydrogens is 366 g/mol. The largest absolute Gasteiger partial charge is 0.494 e. The van der Waals surface area contributed by atoms with Gasteiger partial charge < -0.3 is 4.74 Å². The molecule has 0 amide bonds. The number of carbonyl (C=O) groups is 1. The topological polar surface area (TPSA) is 26.3 Å². The van der Waals surface area contributed by atoms with Gasteiger partial charge in [0.15, 0.2) is 5.78 Å². The molecule has 2 aromatic rings. The third kappa shape index (κ3) is 3.76. The van der Waals surface area contributed by atoms with Gasteiger partial charge in [-0.2, -0.15) is 0 Å². The highest BCUT2D eigenvalue weighted by Crippen LogP contribution is 2.33. The second kappa shape index (κ2) is 7.38. The van der Waals surface area contributed by atoms with Crippen LogP contribution >= 0.6 is 46.4 Å². The van der Waals surface area contributed by atoms with Crippen LogP contribution in [-0.2, 0) is 0 Å². The molecule has 2 nitrogen and oxygen atoms in total. The number of benzene rings is 2. The van der Waals surface area contributed by atoms with Crippen molar-refractivity contribution in [3.8, 4) is 5.75 Å². The van der Waals surface area contributed by atoms with E-state index in [-0.39, 0.29) is 22.1 Å². The van der Waals surface area contributed by atoms with E-state index in [9.17, 15) is 4.79 Å². The fourth-order valence-corrected chi connectivity index (χ4v) is 2.96. The molecule has 0 unspecified atom stereocenters. The second-order valence-electron chi connectivity index (χ2n) is 4.30. The van der Waals surface area contributed by atoms with Crippen LogP contribution in [0.15, 0.2) is 36.4 Å². The average Bonchev–Trinajstić information content (AvgIpc) is 2.45. The maximum Gasteiger partial charge on any atom is 0.189 e. The Kier molecular flexibility index (Phi) is 5.76. The molecule has 22 heavy (non-hydrogen) atoms. The summed E-state index contributed by atoms with van der Waals surface area (Å²) in [4.78, 5) is 12.4. The van der Waals surface area contributed by atoms with Crippen LogP contribution in [0.3, 0.4) is 0 Å². The Hall–Kier alpha value is -1.19. The molecule has 0 N–H and O–H groups in total. The molecule has 2 aromatic carbocycles. The van der Waals surface area contributed by atoms with Gasteiger partial charge in [-0.15, -0.1) is 0 Å². The molecule has 0 saturated carbocycles. The first kappa shape index (κ1) is 17.2. The smallest absolute Gasteiger partial charge is 0.189 e. The van der Waals surface area contributed by atoms with Gasteiger partial charge in [-0.05, 0) is 36.4 Å². The Morgan fingerprint density at radius 1 is 1.05 bits per heavy atom. The lowest BCUT2D eigenvalue weighted by molar-refractivity contribution is 0.104. The van der Waals surface area contributed by atoms with Crippen LogP contribution in [-0.4, -0.2) is 12.9 Å². The number of halogens is 4. The average molecular weight is 376 g/mol. The fourth-order valence-electron chi connectivity index (χ4n) is 1.87. The molecule has 0 aromatic heterocycles. The van der Waals surface area contributed by atoms with E-state index >= 15 is 0 Å². The Balaban J connectivity index is 2.40. The van der Waals surface area contributed by atoms with E-state index in [4.69, 9.17) is 51.1 Å². The van der Waals surface area contributed by atoms with Crippen molar-refractivity contribution in [2.75, 3.05) is 7.11 Å². The van der Waals surface area contributed by atoms with Crippen LogP contribution in [0.5, 0.6) is 5.75 Å². The van der Waals surface area contributed by atoms with Crippen LogP contribution in [0.1, 0.15) is 15.9 Å². The lowest BCUT2D eigenvalue weighted by atomic mass is 10.1. The third-order valence-electron chi connectivity index (χ3n) is 2.88. The molecule has 0 fully saturated rings. The number of rotatable bonds is 4. The first-order valence-corrected chi connectivity index (χ1v) is 7.64. The van der Waals surface area contributed by atoms with Crippen molar-refractivity contribution < 1.29 is 9.53 Å². The predicted molar refractivity (Wildman–Crippen MR) is 92.8 cm³/mol. The van der Waals surface area contributed by atoms with Crippen molar-refractivity contribution in [2.45, 2.75) is 0 Å². The van der Waals surface area contributed by atoms with Crippen LogP contribution < -0.4 is 4.74 Å². The molecule has 0 radical (unpaired) electrons. The molecule has 2 rings (SSSR count). The van der Waals surface area contributed by atoms with Crippen molar-refractivity contribution in [2.24, 2.45) is 0 Å². The second-order valence-corrected chi connectivity index (χ2v) is 5.96. The zero-order chi connectivity index (χ0) is 16.3. The van der Waals surface area contributed by atoms with E-state index in [1.54, 1.807) is 24.3 Å². The van der Waals surface area contributed by atoms with E-state index in [0.717, 1.165) is 0 Å². The summed E-state index contributed by atoms with van der Waals surface area (Å²) >= 11 is 24.1. The minimum absolute atomic E-state index is 0.263. The van der Waals surface area contributed by atoms with Crippen LogP contribution in [0.4, 0.5) is 0 Å². The van der Waals surface area contributed by atoms with Crippen LogP contribution in [0, 0.1) is 0 Å². The summed E-state index contributed by atoms with van der Waals surface area (Å²) in [5.41, 5.74) is 0.825. The normalized spacial score (nSPS) is 11.0. The minimum atomic E-state index is -0.322.